The lowest BCUT2D eigenvalue weighted by Crippen LogP contribution is -2.46. The lowest BCUT2D eigenvalue weighted by molar-refractivity contribution is 0.0919. The first-order valence-corrected chi connectivity index (χ1v) is 9.77. The van der Waals surface area contributed by atoms with E-state index in [1.54, 1.807) is 4.68 Å². The molecule has 3 aromatic rings. The number of para-hydroxylation sites is 1. The highest BCUT2D eigenvalue weighted by molar-refractivity contribution is 6.04. The van der Waals surface area contributed by atoms with E-state index in [9.17, 15) is 4.79 Å². The van der Waals surface area contributed by atoms with Crippen molar-refractivity contribution < 1.29 is 4.79 Å². The molecule has 1 atom stereocenters. The molecule has 1 aromatic heterocycles. The Hall–Kier alpha value is -2.70. The molecule has 28 heavy (non-hydrogen) atoms. The minimum atomic E-state index is -0.100. The van der Waals surface area contributed by atoms with Crippen LogP contribution in [0.1, 0.15) is 16.1 Å². The fraction of sp³-hybridized carbons (Fsp3) is 0.364. The van der Waals surface area contributed by atoms with Gasteiger partial charge in [0, 0.05) is 45.2 Å². The van der Waals surface area contributed by atoms with Crippen LogP contribution in [-0.2, 0) is 13.6 Å². The maximum atomic E-state index is 13.0. The second kappa shape index (κ2) is 8.12. The number of aryl methyl sites for hydroxylation is 1. The molecule has 6 nitrogen and oxygen atoms in total. The normalized spacial score (nSPS) is 18.9. The average molecular weight is 377 g/mol. The van der Waals surface area contributed by atoms with Crippen molar-refractivity contribution in [2.75, 3.05) is 33.2 Å². The van der Waals surface area contributed by atoms with Gasteiger partial charge in [0.25, 0.3) is 5.91 Å². The lowest BCUT2D eigenvalue weighted by Gasteiger charge is -2.24. The van der Waals surface area contributed by atoms with E-state index in [4.69, 9.17) is 0 Å². The van der Waals surface area contributed by atoms with E-state index in [0.29, 0.717) is 5.69 Å². The lowest BCUT2D eigenvalue weighted by atomic mass is 10.1. The van der Waals surface area contributed by atoms with Gasteiger partial charge in [-0.15, -0.1) is 0 Å². The standard InChI is InChI=1S/C22H27N5O/c1-25-12-13-27(14-17-8-4-3-5-9-17)16-18(15-25)23-22(28)21-19-10-6-7-11-20(19)26(2)24-21/h3-11,18H,12-16H2,1-2H3,(H,23,28). The van der Waals surface area contributed by atoms with E-state index >= 15 is 0 Å². The van der Waals surface area contributed by atoms with Crippen molar-refractivity contribution in [3.05, 3.63) is 65.9 Å². The molecule has 0 saturated carbocycles. The largest absolute Gasteiger partial charge is 0.345 e. The second-order valence-electron chi connectivity index (χ2n) is 7.64. The van der Waals surface area contributed by atoms with Crippen LogP contribution in [0.5, 0.6) is 0 Å². The van der Waals surface area contributed by atoms with E-state index in [-0.39, 0.29) is 11.9 Å². The summed E-state index contributed by atoms with van der Waals surface area (Å²) in [5.41, 5.74) is 2.77. The minimum Gasteiger partial charge on any atom is -0.345 e. The van der Waals surface area contributed by atoms with Crippen LogP contribution in [0.3, 0.4) is 0 Å². The predicted molar refractivity (Wildman–Crippen MR) is 111 cm³/mol. The van der Waals surface area contributed by atoms with Crippen LogP contribution in [-0.4, -0.2) is 64.8 Å². The molecule has 1 saturated heterocycles. The molecule has 0 bridgehead atoms. The highest BCUT2D eigenvalue weighted by Crippen LogP contribution is 2.18. The van der Waals surface area contributed by atoms with Gasteiger partial charge in [-0.25, -0.2) is 0 Å². The average Bonchev–Trinajstić information content (AvgIpc) is 2.93. The van der Waals surface area contributed by atoms with E-state index < -0.39 is 0 Å². The number of rotatable bonds is 4. The molecule has 0 aliphatic carbocycles. The number of amides is 1. The molecular weight excluding hydrogens is 350 g/mol. The molecule has 2 aromatic carbocycles. The number of hydrogen-bond acceptors (Lipinski definition) is 4. The van der Waals surface area contributed by atoms with E-state index in [1.807, 2.05) is 37.4 Å². The minimum absolute atomic E-state index is 0.0597. The molecule has 1 aliphatic rings. The van der Waals surface area contributed by atoms with Crippen molar-refractivity contribution in [2.24, 2.45) is 7.05 Å². The number of nitrogens with one attached hydrogen (secondary N) is 1. The summed E-state index contributed by atoms with van der Waals surface area (Å²) >= 11 is 0. The van der Waals surface area contributed by atoms with Crippen molar-refractivity contribution in [1.82, 2.24) is 24.9 Å². The van der Waals surface area contributed by atoms with Crippen molar-refractivity contribution in [2.45, 2.75) is 12.6 Å². The molecule has 1 fully saturated rings. The van der Waals surface area contributed by atoms with Gasteiger partial charge in [0.1, 0.15) is 0 Å². The van der Waals surface area contributed by atoms with Gasteiger partial charge >= 0.3 is 0 Å². The topological polar surface area (TPSA) is 53.4 Å². The van der Waals surface area contributed by atoms with Crippen LogP contribution in [0.2, 0.25) is 0 Å². The third kappa shape index (κ3) is 4.08. The summed E-state index contributed by atoms with van der Waals surface area (Å²) < 4.78 is 1.77. The highest BCUT2D eigenvalue weighted by atomic mass is 16.2. The smallest absolute Gasteiger partial charge is 0.272 e. The van der Waals surface area contributed by atoms with Crippen molar-refractivity contribution in [3.63, 3.8) is 0 Å². The Morgan fingerprint density at radius 2 is 1.79 bits per heavy atom. The SMILES string of the molecule is CN1CCN(Cc2ccccc2)CC(NC(=O)c2nn(C)c3ccccc23)C1. The molecule has 1 amide bonds. The summed E-state index contributed by atoms with van der Waals surface area (Å²) in [5, 5.41) is 8.58. The third-order valence-electron chi connectivity index (χ3n) is 5.37. The van der Waals surface area contributed by atoms with Crippen molar-refractivity contribution in [1.29, 1.82) is 0 Å². The molecule has 1 N–H and O–H groups in total. The summed E-state index contributed by atoms with van der Waals surface area (Å²) in [7, 11) is 3.99. The summed E-state index contributed by atoms with van der Waals surface area (Å²) in [6.07, 6.45) is 0. The number of aromatic nitrogens is 2. The fourth-order valence-corrected chi connectivity index (χ4v) is 3.95. The number of hydrogen-bond donors (Lipinski definition) is 1. The van der Waals surface area contributed by atoms with Crippen molar-refractivity contribution >= 4 is 16.8 Å². The van der Waals surface area contributed by atoms with Gasteiger partial charge in [-0.05, 0) is 18.7 Å². The van der Waals surface area contributed by atoms with Gasteiger partial charge in [0.05, 0.1) is 11.6 Å². The van der Waals surface area contributed by atoms with Gasteiger partial charge < -0.3 is 10.2 Å². The monoisotopic (exact) mass is 377 g/mol. The number of likely N-dealkylation sites (N-methyl/N-ethyl adjacent to an activating group) is 1. The Morgan fingerprint density at radius 3 is 2.61 bits per heavy atom. The first kappa shape index (κ1) is 18.7. The molecule has 146 valence electrons. The van der Waals surface area contributed by atoms with Gasteiger partial charge in [0.2, 0.25) is 0 Å². The molecule has 1 unspecified atom stereocenters. The molecular formula is C22H27N5O. The van der Waals surface area contributed by atoms with Gasteiger partial charge in [-0.1, -0.05) is 48.5 Å². The summed E-state index contributed by atoms with van der Waals surface area (Å²) in [6.45, 7) is 4.54. The highest BCUT2D eigenvalue weighted by Gasteiger charge is 2.24. The van der Waals surface area contributed by atoms with Crippen LogP contribution in [0.25, 0.3) is 10.9 Å². The molecule has 0 radical (unpaired) electrons. The summed E-state index contributed by atoms with van der Waals surface area (Å²) in [5.74, 6) is -0.100. The zero-order valence-corrected chi connectivity index (χ0v) is 16.5. The van der Waals surface area contributed by atoms with E-state index in [2.05, 4.69) is 51.5 Å². The number of benzene rings is 2. The molecule has 0 spiro atoms. The second-order valence-corrected chi connectivity index (χ2v) is 7.64. The van der Waals surface area contributed by atoms with Gasteiger partial charge in [0.15, 0.2) is 5.69 Å². The van der Waals surface area contributed by atoms with Gasteiger partial charge in [-0.3, -0.25) is 14.4 Å². The number of carbonyl (C=O) groups is 1. The Kier molecular flexibility index (Phi) is 5.41. The zero-order valence-electron chi connectivity index (χ0n) is 16.5. The molecule has 4 rings (SSSR count). The molecule has 6 heteroatoms. The Morgan fingerprint density at radius 1 is 1.04 bits per heavy atom. The Bertz CT molecular complexity index is 952. The number of nitrogens with zero attached hydrogens (tertiary/aromatic N) is 4. The first-order valence-electron chi connectivity index (χ1n) is 9.77. The summed E-state index contributed by atoms with van der Waals surface area (Å²) in [4.78, 5) is 17.7. The van der Waals surface area contributed by atoms with E-state index in [0.717, 1.165) is 43.6 Å². The third-order valence-corrected chi connectivity index (χ3v) is 5.37. The molecule has 2 heterocycles. The maximum absolute atomic E-state index is 13.0. The van der Waals surface area contributed by atoms with Crippen LogP contribution < -0.4 is 5.32 Å². The van der Waals surface area contributed by atoms with Crippen LogP contribution >= 0.6 is 0 Å². The van der Waals surface area contributed by atoms with Crippen LogP contribution in [0.15, 0.2) is 54.6 Å². The van der Waals surface area contributed by atoms with E-state index in [1.165, 1.54) is 5.56 Å². The van der Waals surface area contributed by atoms with Gasteiger partial charge in [-0.2, -0.15) is 5.10 Å². The van der Waals surface area contributed by atoms with Crippen LogP contribution in [0.4, 0.5) is 0 Å². The maximum Gasteiger partial charge on any atom is 0.272 e. The number of fused-ring (bicyclic) bond motifs is 1. The first-order chi connectivity index (χ1) is 13.6. The quantitative estimate of drug-likeness (QED) is 0.757. The summed E-state index contributed by atoms with van der Waals surface area (Å²) in [6, 6.07) is 18.4. The van der Waals surface area contributed by atoms with Crippen LogP contribution in [0, 0.1) is 0 Å². The fourth-order valence-electron chi connectivity index (χ4n) is 3.95. The molecule has 1 aliphatic heterocycles. The van der Waals surface area contributed by atoms with Crippen molar-refractivity contribution in [3.8, 4) is 0 Å². The Labute approximate surface area is 165 Å². The predicted octanol–water partition coefficient (Wildman–Crippen LogP) is 2.12. The zero-order chi connectivity index (χ0) is 19.5. The number of carbonyl (C=O) groups excluding carboxylic acids is 1. The Balaban J connectivity index is 1.49.